The number of rotatable bonds is 4. The third-order valence-corrected chi connectivity index (χ3v) is 4.46. The summed E-state index contributed by atoms with van der Waals surface area (Å²) in [5.74, 6) is 0.409. The van der Waals surface area contributed by atoms with Crippen LogP contribution in [0.25, 0.3) is 10.2 Å². The highest BCUT2D eigenvalue weighted by molar-refractivity contribution is 7.18. The number of fused-ring (bicyclic) bond motifs is 3. The Bertz CT molecular complexity index is 651. The van der Waals surface area contributed by atoms with Gasteiger partial charge in [0.1, 0.15) is 11.2 Å². The molecular weight excluding hydrogens is 274 g/mol. The van der Waals surface area contributed by atoms with Crippen LogP contribution >= 0.6 is 11.3 Å². The molecule has 2 aromatic heterocycles. The summed E-state index contributed by atoms with van der Waals surface area (Å²) in [6.45, 7) is 3.84. The summed E-state index contributed by atoms with van der Waals surface area (Å²) < 4.78 is 5.61. The van der Waals surface area contributed by atoms with Gasteiger partial charge in [-0.15, -0.1) is 11.3 Å². The lowest BCUT2D eigenvalue weighted by molar-refractivity contribution is -0.123. The zero-order chi connectivity index (χ0) is 14.1. The molecular formula is C14H17N3O2S. The van der Waals surface area contributed by atoms with Crippen molar-refractivity contribution in [2.75, 3.05) is 6.61 Å². The molecule has 0 fully saturated rings. The Morgan fingerprint density at radius 3 is 3.10 bits per heavy atom. The quantitative estimate of drug-likeness (QED) is 0.936. The Labute approximate surface area is 121 Å². The van der Waals surface area contributed by atoms with E-state index in [1.54, 1.807) is 11.3 Å². The van der Waals surface area contributed by atoms with E-state index >= 15 is 0 Å². The first-order valence-electron chi connectivity index (χ1n) is 6.82. The third kappa shape index (κ3) is 2.47. The van der Waals surface area contributed by atoms with Gasteiger partial charge in [-0.2, -0.15) is 0 Å². The minimum Gasteiger partial charge on any atom is -0.467 e. The molecule has 0 saturated heterocycles. The first-order valence-corrected chi connectivity index (χ1v) is 7.64. The molecule has 0 aromatic carbocycles. The maximum Gasteiger partial charge on any atom is 0.258 e. The van der Waals surface area contributed by atoms with Crippen LogP contribution in [0.4, 0.5) is 0 Å². The molecule has 1 N–H and O–H groups in total. The molecule has 3 rings (SSSR count). The number of amides is 1. The molecule has 1 aliphatic carbocycles. The van der Waals surface area contributed by atoms with E-state index in [1.165, 1.54) is 23.2 Å². The third-order valence-electron chi connectivity index (χ3n) is 3.26. The molecule has 5 nitrogen and oxygen atoms in total. The topological polar surface area (TPSA) is 64.1 Å². The van der Waals surface area contributed by atoms with E-state index in [0.717, 1.165) is 23.1 Å². The molecule has 0 spiro atoms. The van der Waals surface area contributed by atoms with Crippen molar-refractivity contribution in [2.24, 2.45) is 0 Å². The molecule has 0 saturated carbocycles. The standard InChI is InChI=1S/C14H17N3O2S/c1-8(2)17-11(18)6-19-13-12-9-4-3-5-10(9)20-14(12)16-7-15-13/h7-8H,3-6H2,1-2H3,(H,17,18). The Hall–Kier alpha value is -1.69. The van der Waals surface area contributed by atoms with Crippen molar-refractivity contribution in [1.29, 1.82) is 0 Å². The van der Waals surface area contributed by atoms with E-state index in [0.29, 0.717) is 5.88 Å². The van der Waals surface area contributed by atoms with E-state index in [9.17, 15) is 4.79 Å². The van der Waals surface area contributed by atoms with Gasteiger partial charge in [0.05, 0.1) is 5.39 Å². The second-order valence-corrected chi connectivity index (χ2v) is 6.31. The van der Waals surface area contributed by atoms with Crippen molar-refractivity contribution < 1.29 is 9.53 Å². The summed E-state index contributed by atoms with van der Waals surface area (Å²) in [5, 5.41) is 3.80. The molecule has 0 radical (unpaired) electrons. The molecule has 106 valence electrons. The molecule has 0 unspecified atom stereocenters. The number of aryl methyl sites for hydroxylation is 2. The van der Waals surface area contributed by atoms with Crippen LogP contribution in [-0.4, -0.2) is 28.5 Å². The van der Waals surface area contributed by atoms with Crippen molar-refractivity contribution in [3.63, 3.8) is 0 Å². The minimum atomic E-state index is -0.126. The zero-order valence-corrected chi connectivity index (χ0v) is 12.4. The highest BCUT2D eigenvalue weighted by Gasteiger charge is 2.22. The number of thiophene rings is 1. The van der Waals surface area contributed by atoms with Crippen molar-refractivity contribution in [3.05, 3.63) is 16.8 Å². The highest BCUT2D eigenvalue weighted by Crippen LogP contribution is 2.39. The van der Waals surface area contributed by atoms with Crippen LogP contribution in [0.3, 0.4) is 0 Å². The highest BCUT2D eigenvalue weighted by atomic mass is 32.1. The lowest BCUT2D eigenvalue weighted by atomic mass is 10.2. The fraction of sp³-hybridized carbons (Fsp3) is 0.500. The number of nitrogens with zero attached hydrogens (tertiary/aromatic N) is 2. The average Bonchev–Trinajstić information content (AvgIpc) is 2.95. The lowest BCUT2D eigenvalue weighted by Gasteiger charge is -2.10. The molecule has 0 bridgehead atoms. The predicted molar refractivity (Wildman–Crippen MR) is 78.2 cm³/mol. The number of carbonyl (C=O) groups excluding carboxylic acids is 1. The molecule has 2 aromatic rings. The Balaban J connectivity index is 1.83. The Morgan fingerprint density at radius 2 is 2.30 bits per heavy atom. The van der Waals surface area contributed by atoms with Gasteiger partial charge in [-0.25, -0.2) is 9.97 Å². The lowest BCUT2D eigenvalue weighted by Crippen LogP contribution is -2.34. The molecule has 1 amide bonds. The minimum absolute atomic E-state index is 0.00505. The number of carbonyl (C=O) groups is 1. The number of hydrogen-bond acceptors (Lipinski definition) is 5. The van der Waals surface area contributed by atoms with Crippen LogP contribution in [0, 0.1) is 0 Å². The van der Waals surface area contributed by atoms with Gasteiger partial charge in [0, 0.05) is 10.9 Å². The molecule has 0 aliphatic heterocycles. The molecule has 1 aliphatic rings. The van der Waals surface area contributed by atoms with E-state index in [-0.39, 0.29) is 18.6 Å². The zero-order valence-electron chi connectivity index (χ0n) is 11.6. The fourth-order valence-corrected chi connectivity index (χ4v) is 3.73. The number of nitrogens with one attached hydrogen (secondary N) is 1. The molecule has 2 heterocycles. The van der Waals surface area contributed by atoms with Crippen molar-refractivity contribution in [1.82, 2.24) is 15.3 Å². The smallest absolute Gasteiger partial charge is 0.258 e. The van der Waals surface area contributed by atoms with Crippen LogP contribution in [-0.2, 0) is 17.6 Å². The average molecular weight is 291 g/mol. The van der Waals surface area contributed by atoms with Crippen LogP contribution in [0.15, 0.2) is 6.33 Å². The summed E-state index contributed by atoms with van der Waals surface area (Å²) in [7, 11) is 0. The van der Waals surface area contributed by atoms with Gasteiger partial charge in [0.2, 0.25) is 5.88 Å². The van der Waals surface area contributed by atoms with E-state index in [2.05, 4.69) is 15.3 Å². The SMILES string of the molecule is CC(C)NC(=O)COc1ncnc2sc3c(c12)CCC3. The van der Waals surface area contributed by atoms with Gasteiger partial charge < -0.3 is 10.1 Å². The predicted octanol–water partition coefficient (Wildman–Crippen LogP) is 2.08. The fourth-order valence-electron chi connectivity index (χ4n) is 2.51. The maximum absolute atomic E-state index is 11.7. The van der Waals surface area contributed by atoms with Gasteiger partial charge in [-0.3, -0.25) is 4.79 Å². The van der Waals surface area contributed by atoms with E-state index in [1.807, 2.05) is 13.8 Å². The molecule has 6 heteroatoms. The van der Waals surface area contributed by atoms with Gasteiger partial charge in [0.25, 0.3) is 5.91 Å². The van der Waals surface area contributed by atoms with Crippen LogP contribution in [0.1, 0.15) is 30.7 Å². The van der Waals surface area contributed by atoms with E-state index < -0.39 is 0 Å². The van der Waals surface area contributed by atoms with Crippen LogP contribution in [0.2, 0.25) is 0 Å². The van der Waals surface area contributed by atoms with Crippen molar-refractivity contribution in [2.45, 2.75) is 39.2 Å². The van der Waals surface area contributed by atoms with Gasteiger partial charge >= 0.3 is 0 Å². The maximum atomic E-state index is 11.7. The first-order chi connectivity index (χ1) is 9.65. The van der Waals surface area contributed by atoms with Crippen LogP contribution in [0.5, 0.6) is 5.88 Å². The summed E-state index contributed by atoms with van der Waals surface area (Å²) in [5.41, 5.74) is 1.31. The normalized spacial score (nSPS) is 13.8. The number of aromatic nitrogens is 2. The van der Waals surface area contributed by atoms with Gasteiger partial charge in [-0.1, -0.05) is 0 Å². The van der Waals surface area contributed by atoms with Crippen molar-refractivity contribution >= 4 is 27.5 Å². The second kappa shape index (κ2) is 5.36. The monoisotopic (exact) mass is 291 g/mol. The van der Waals surface area contributed by atoms with E-state index in [4.69, 9.17) is 4.74 Å². The molecule has 0 atom stereocenters. The first kappa shape index (κ1) is 13.3. The number of hydrogen-bond donors (Lipinski definition) is 1. The summed E-state index contributed by atoms with van der Waals surface area (Å²) >= 11 is 1.71. The summed E-state index contributed by atoms with van der Waals surface area (Å²) in [6.07, 6.45) is 4.85. The van der Waals surface area contributed by atoms with Gasteiger partial charge in [0.15, 0.2) is 6.61 Å². The Morgan fingerprint density at radius 1 is 1.45 bits per heavy atom. The summed E-state index contributed by atoms with van der Waals surface area (Å²) in [4.78, 5) is 22.5. The van der Waals surface area contributed by atoms with Crippen molar-refractivity contribution in [3.8, 4) is 5.88 Å². The van der Waals surface area contributed by atoms with Gasteiger partial charge in [-0.05, 0) is 38.7 Å². The Kier molecular flexibility index (Phi) is 3.56. The molecule has 20 heavy (non-hydrogen) atoms. The largest absolute Gasteiger partial charge is 0.467 e. The summed E-state index contributed by atoms with van der Waals surface area (Å²) in [6, 6.07) is 0.113. The second-order valence-electron chi connectivity index (χ2n) is 5.23. The van der Waals surface area contributed by atoms with Crippen LogP contribution < -0.4 is 10.1 Å². The number of ether oxygens (including phenoxy) is 1.